The van der Waals surface area contributed by atoms with Crippen LogP contribution in [0, 0.1) is 18.3 Å². The van der Waals surface area contributed by atoms with E-state index in [4.69, 9.17) is 12.2 Å². The summed E-state index contributed by atoms with van der Waals surface area (Å²) in [5.74, 6) is 2.99. The summed E-state index contributed by atoms with van der Waals surface area (Å²) >= 11 is 0. The Morgan fingerprint density at radius 1 is 1.31 bits per heavy atom. The van der Waals surface area contributed by atoms with Gasteiger partial charge in [0.1, 0.15) is 0 Å². The van der Waals surface area contributed by atoms with E-state index < -0.39 is 0 Å². The van der Waals surface area contributed by atoms with E-state index in [0.717, 1.165) is 51.5 Å². The quantitative estimate of drug-likeness (QED) is 0.546. The van der Waals surface area contributed by atoms with Crippen LogP contribution in [-0.4, -0.2) is 18.5 Å². The van der Waals surface area contributed by atoms with Gasteiger partial charge in [-0.2, -0.15) is 0 Å². The number of rotatable bonds is 5. The van der Waals surface area contributed by atoms with Crippen molar-refractivity contribution in [3.63, 3.8) is 0 Å². The Kier molecular flexibility index (Phi) is 5.95. The van der Waals surface area contributed by atoms with E-state index in [2.05, 4.69) is 11.2 Å². The minimum Gasteiger partial charge on any atom is -0.356 e. The first-order chi connectivity index (χ1) is 7.74. The summed E-state index contributed by atoms with van der Waals surface area (Å²) < 4.78 is 0. The first-order valence-electron chi connectivity index (χ1n) is 6.20. The molecule has 1 saturated carbocycles. The van der Waals surface area contributed by atoms with Gasteiger partial charge >= 0.3 is 0 Å². The fourth-order valence-electron chi connectivity index (χ4n) is 2.09. The lowest BCUT2D eigenvalue weighted by molar-refractivity contribution is -0.125. The van der Waals surface area contributed by atoms with Crippen LogP contribution in [-0.2, 0) is 4.79 Å². The molecule has 0 spiro atoms. The Balaban J connectivity index is 2.08. The van der Waals surface area contributed by atoms with Crippen LogP contribution >= 0.6 is 0 Å². The van der Waals surface area contributed by atoms with Gasteiger partial charge in [0.25, 0.3) is 0 Å². The Labute approximate surface area is 98.2 Å². The molecule has 0 atom stereocenters. The molecule has 0 aromatic carbocycles. The fourth-order valence-corrected chi connectivity index (χ4v) is 2.09. The number of nitrogens with one attached hydrogen (secondary N) is 1. The highest BCUT2D eigenvalue weighted by molar-refractivity contribution is 5.78. The van der Waals surface area contributed by atoms with E-state index in [-0.39, 0.29) is 11.8 Å². The van der Waals surface area contributed by atoms with Gasteiger partial charge in [0.15, 0.2) is 0 Å². The normalized spacial score (nSPS) is 24.8. The molecule has 0 saturated heterocycles. The Bertz CT molecular complexity index is 249. The van der Waals surface area contributed by atoms with Gasteiger partial charge in [-0.1, -0.05) is 0 Å². The summed E-state index contributed by atoms with van der Waals surface area (Å²) in [4.78, 5) is 11.7. The standard InChI is InChI=1S/C13H22N2O/c1-2-3-4-5-10-15-13(16)11-6-8-12(14)9-7-11/h1,11-12H,3-10,14H2,(H,15,16). The maximum atomic E-state index is 11.7. The number of hydrogen-bond donors (Lipinski definition) is 2. The van der Waals surface area contributed by atoms with Crippen LogP contribution < -0.4 is 11.1 Å². The lowest BCUT2D eigenvalue weighted by Crippen LogP contribution is -2.36. The van der Waals surface area contributed by atoms with E-state index >= 15 is 0 Å². The first-order valence-corrected chi connectivity index (χ1v) is 6.20. The molecule has 0 aliphatic heterocycles. The van der Waals surface area contributed by atoms with E-state index in [1.165, 1.54) is 0 Å². The average molecular weight is 222 g/mol. The number of nitrogens with two attached hydrogens (primary N) is 1. The van der Waals surface area contributed by atoms with Gasteiger partial charge in [0, 0.05) is 24.9 Å². The van der Waals surface area contributed by atoms with Crippen molar-refractivity contribution in [1.82, 2.24) is 5.32 Å². The van der Waals surface area contributed by atoms with E-state index in [1.54, 1.807) is 0 Å². The molecule has 90 valence electrons. The van der Waals surface area contributed by atoms with Crippen molar-refractivity contribution < 1.29 is 4.79 Å². The van der Waals surface area contributed by atoms with Crippen molar-refractivity contribution in [2.45, 2.75) is 51.0 Å². The average Bonchev–Trinajstić information content (AvgIpc) is 2.29. The SMILES string of the molecule is C#CCCCCNC(=O)C1CCC(N)CC1. The molecule has 0 bridgehead atoms. The molecular formula is C13H22N2O. The Morgan fingerprint density at radius 2 is 2.00 bits per heavy atom. The molecule has 0 radical (unpaired) electrons. The third-order valence-electron chi connectivity index (χ3n) is 3.19. The molecule has 16 heavy (non-hydrogen) atoms. The Hall–Kier alpha value is -1.01. The third kappa shape index (κ3) is 4.67. The van der Waals surface area contributed by atoms with Crippen molar-refractivity contribution in [2.24, 2.45) is 11.7 Å². The number of terminal acetylenes is 1. The summed E-state index contributed by atoms with van der Waals surface area (Å²) in [6.07, 6.45) is 11.8. The molecule has 1 rings (SSSR count). The minimum absolute atomic E-state index is 0.187. The summed E-state index contributed by atoms with van der Waals surface area (Å²) in [5, 5.41) is 2.98. The van der Waals surface area contributed by atoms with Gasteiger partial charge in [-0.15, -0.1) is 12.3 Å². The van der Waals surface area contributed by atoms with Gasteiger partial charge < -0.3 is 11.1 Å². The largest absolute Gasteiger partial charge is 0.356 e. The van der Waals surface area contributed by atoms with E-state index in [0.29, 0.717) is 6.04 Å². The molecule has 0 unspecified atom stereocenters. The molecule has 1 amide bonds. The predicted molar refractivity (Wildman–Crippen MR) is 65.6 cm³/mol. The zero-order valence-corrected chi connectivity index (χ0v) is 9.87. The fraction of sp³-hybridized carbons (Fsp3) is 0.769. The van der Waals surface area contributed by atoms with Crippen LogP contribution in [0.4, 0.5) is 0 Å². The van der Waals surface area contributed by atoms with Crippen LogP contribution in [0.25, 0.3) is 0 Å². The monoisotopic (exact) mass is 222 g/mol. The number of carbonyl (C=O) groups is 1. The summed E-state index contributed by atoms with van der Waals surface area (Å²) in [7, 11) is 0. The smallest absolute Gasteiger partial charge is 0.223 e. The highest BCUT2D eigenvalue weighted by atomic mass is 16.1. The summed E-state index contributed by atoms with van der Waals surface area (Å²) in [6.45, 7) is 0.753. The molecule has 1 aliphatic rings. The van der Waals surface area contributed by atoms with Gasteiger partial charge in [-0.3, -0.25) is 4.79 Å². The number of amides is 1. The van der Waals surface area contributed by atoms with Gasteiger partial charge in [0.05, 0.1) is 0 Å². The molecule has 0 heterocycles. The molecule has 3 nitrogen and oxygen atoms in total. The number of unbranched alkanes of at least 4 members (excludes halogenated alkanes) is 2. The number of hydrogen-bond acceptors (Lipinski definition) is 2. The van der Waals surface area contributed by atoms with Crippen molar-refractivity contribution in [3.8, 4) is 12.3 Å². The maximum Gasteiger partial charge on any atom is 0.223 e. The zero-order chi connectivity index (χ0) is 11.8. The molecule has 3 N–H and O–H groups in total. The Morgan fingerprint density at radius 3 is 2.62 bits per heavy atom. The predicted octanol–water partition coefficient (Wildman–Crippen LogP) is 1.42. The lowest BCUT2D eigenvalue weighted by Gasteiger charge is -2.25. The molecule has 0 aromatic rings. The van der Waals surface area contributed by atoms with Crippen LogP contribution in [0.3, 0.4) is 0 Å². The molecule has 0 aromatic heterocycles. The molecular weight excluding hydrogens is 200 g/mol. The van der Waals surface area contributed by atoms with Crippen molar-refractivity contribution >= 4 is 5.91 Å². The second-order valence-electron chi connectivity index (χ2n) is 4.56. The van der Waals surface area contributed by atoms with Crippen LogP contribution in [0.2, 0.25) is 0 Å². The lowest BCUT2D eigenvalue weighted by atomic mass is 9.86. The number of carbonyl (C=O) groups excluding carboxylic acids is 1. The maximum absolute atomic E-state index is 11.7. The first kappa shape index (κ1) is 13.1. The van der Waals surface area contributed by atoms with Crippen molar-refractivity contribution in [2.75, 3.05) is 6.54 Å². The van der Waals surface area contributed by atoms with Crippen LogP contribution in [0.5, 0.6) is 0 Å². The third-order valence-corrected chi connectivity index (χ3v) is 3.19. The van der Waals surface area contributed by atoms with Gasteiger partial charge in [0.2, 0.25) is 5.91 Å². The van der Waals surface area contributed by atoms with Crippen LogP contribution in [0.15, 0.2) is 0 Å². The summed E-state index contributed by atoms with van der Waals surface area (Å²) in [6, 6.07) is 0.305. The minimum atomic E-state index is 0.187. The van der Waals surface area contributed by atoms with E-state index in [9.17, 15) is 4.79 Å². The second kappa shape index (κ2) is 7.29. The van der Waals surface area contributed by atoms with Crippen molar-refractivity contribution in [3.05, 3.63) is 0 Å². The van der Waals surface area contributed by atoms with Gasteiger partial charge in [-0.05, 0) is 38.5 Å². The summed E-state index contributed by atoms with van der Waals surface area (Å²) in [5.41, 5.74) is 5.80. The topological polar surface area (TPSA) is 55.1 Å². The highest BCUT2D eigenvalue weighted by Crippen LogP contribution is 2.23. The molecule has 1 aliphatic carbocycles. The van der Waals surface area contributed by atoms with Crippen molar-refractivity contribution in [1.29, 1.82) is 0 Å². The molecule has 3 heteroatoms. The zero-order valence-electron chi connectivity index (χ0n) is 9.87. The van der Waals surface area contributed by atoms with Crippen LogP contribution in [0.1, 0.15) is 44.9 Å². The highest BCUT2D eigenvalue weighted by Gasteiger charge is 2.23. The van der Waals surface area contributed by atoms with Gasteiger partial charge in [-0.25, -0.2) is 0 Å². The second-order valence-corrected chi connectivity index (χ2v) is 4.56. The van der Waals surface area contributed by atoms with E-state index in [1.807, 2.05) is 0 Å². The molecule has 1 fully saturated rings.